The third-order valence-corrected chi connectivity index (χ3v) is 6.83. The minimum absolute atomic E-state index is 0.311. The number of ether oxygens (including phenoxy) is 1. The van der Waals surface area contributed by atoms with E-state index in [-0.39, 0.29) is 5.91 Å². The number of carboxylic acids is 1. The molecule has 1 amide bonds. The summed E-state index contributed by atoms with van der Waals surface area (Å²) in [6, 6.07) is 12.4. The maximum absolute atomic E-state index is 13.5. The Morgan fingerprint density at radius 3 is 2.37 bits per heavy atom. The van der Waals surface area contributed by atoms with Gasteiger partial charge in [0.2, 0.25) is 0 Å². The molecule has 0 bridgehead atoms. The minimum Gasteiger partial charge on any atom is -0.481 e. The number of morpholine rings is 1. The van der Waals surface area contributed by atoms with Crippen molar-refractivity contribution in [1.82, 2.24) is 14.9 Å². The van der Waals surface area contributed by atoms with Crippen LogP contribution in [0.2, 0.25) is 10.0 Å². The van der Waals surface area contributed by atoms with E-state index in [9.17, 15) is 14.7 Å². The maximum atomic E-state index is 13.5. The van der Waals surface area contributed by atoms with E-state index in [2.05, 4.69) is 9.97 Å². The highest BCUT2D eigenvalue weighted by Gasteiger charge is 2.46. The summed E-state index contributed by atoms with van der Waals surface area (Å²) in [4.78, 5) is 35.0. The summed E-state index contributed by atoms with van der Waals surface area (Å²) in [6.45, 7) is 0.544. The number of aliphatic carboxylic acids is 1. The molecule has 1 aliphatic heterocycles. The summed E-state index contributed by atoms with van der Waals surface area (Å²) >= 11 is 12.7. The number of hydrogen-bond acceptors (Lipinski definition) is 5. The number of aromatic nitrogens is 2. The lowest BCUT2D eigenvalue weighted by atomic mass is 9.89. The van der Waals surface area contributed by atoms with Crippen LogP contribution in [0, 0.1) is 5.92 Å². The van der Waals surface area contributed by atoms with Crippen LogP contribution in [0.15, 0.2) is 61.2 Å². The number of carboxylic acid groups (broad SMARTS) is 1. The molecule has 2 aliphatic rings. The van der Waals surface area contributed by atoms with E-state index >= 15 is 0 Å². The molecular weight excluding hydrogens is 489 g/mol. The van der Waals surface area contributed by atoms with Gasteiger partial charge in [0.05, 0.1) is 12.5 Å². The van der Waals surface area contributed by atoms with Crippen molar-refractivity contribution in [3.63, 3.8) is 0 Å². The SMILES string of the molecule is O=C(O)CC1OC(c2cc(Cl)cc(-c3cncnc3)c2)C(c2ccc(Cl)cc2)N(CC2CC2)C1=O. The molecule has 0 spiro atoms. The van der Waals surface area contributed by atoms with E-state index in [4.69, 9.17) is 27.9 Å². The molecule has 0 radical (unpaired) electrons. The first-order valence-electron chi connectivity index (χ1n) is 11.4. The zero-order valence-electron chi connectivity index (χ0n) is 18.7. The second-order valence-corrected chi connectivity index (χ2v) is 9.85. The Bertz CT molecular complexity index is 1240. The molecule has 2 heterocycles. The fourth-order valence-corrected chi connectivity index (χ4v) is 4.91. The Kier molecular flexibility index (Phi) is 6.73. The van der Waals surface area contributed by atoms with Gasteiger partial charge in [0, 0.05) is 34.5 Å². The first kappa shape index (κ1) is 23.7. The molecule has 180 valence electrons. The Balaban J connectivity index is 1.62. The molecule has 5 rings (SSSR count). The van der Waals surface area contributed by atoms with E-state index in [1.54, 1.807) is 35.5 Å². The van der Waals surface area contributed by atoms with E-state index in [0.29, 0.717) is 22.5 Å². The Morgan fingerprint density at radius 1 is 1.00 bits per heavy atom. The highest BCUT2D eigenvalue weighted by atomic mass is 35.5. The predicted molar refractivity (Wildman–Crippen MR) is 131 cm³/mol. The number of hydrogen-bond donors (Lipinski definition) is 1. The average Bonchev–Trinajstić information content (AvgIpc) is 3.66. The summed E-state index contributed by atoms with van der Waals surface area (Å²) in [5, 5.41) is 10.5. The van der Waals surface area contributed by atoms with Crippen molar-refractivity contribution in [3.8, 4) is 11.1 Å². The van der Waals surface area contributed by atoms with Gasteiger partial charge in [-0.3, -0.25) is 9.59 Å². The summed E-state index contributed by atoms with van der Waals surface area (Å²) in [7, 11) is 0. The van der Waals surface area contributed by atoms with E-state index in [1.807, 2.05) is 24.3 Å². The van der Waals surface area contributed by atoms with Crippen LogP contribution in [-0.2, 0) is 14.3 Å². The molecule has 1 saturated carbocycles. The molecule has 3 atom stereocenters. The van der Waals surface area contributed by atoms with Crippen LogP contribution in [0.25, 0.3) is 11.1 Å². The Hall–Kier alpha value is -3.00. The first-order valence-corrected chi connectivity index (χ1v) is 12.1. The van der Waals surface area contributed by atoms with Crippen molar-refractivity contribution < 1.29 is 19.4 Å². The summed E-state index contributed by atoms with van der Waals surface area (Å²) in [6.07, 6.45) is 4.77. The highest BCUT2D eigenvalue weighted by molar-refractivity contribution is 6.31. The van der Waals surface area contributed by atoms with Gasteiger partial charge in [-0.2, -0.15) is 0 Å². The molecule has 1 N–H and O–H groups in total. The number of amides is 1. The standard InChI is InChI=1S/C26H23Cl2N3O4/c27-20-5-3-16(4-6-20)24-25(18-7-17(8-21(28)9-18)19-11-29-14-30-12-19)35-22(10-23(32)33)26(34)31(24)13-15-1-2-15/h3-9,11-12,14-15,22,24-25H,1-2,10,13H2,(H,32,33). The summed E-state index contributed by atoms with van der Waals surface area (Å²) < 4.78 is 6.28. The summed E-state index contributed by atoms with van der Waals surface area (Å²) in [5.74, 6) is -1.00. The minimum atomic E-state index is -1.10. The second kappa shape index (κ2) is 9.93. The van der Waals surface area contributed by atoms with Crippen LogP contribution in [-0.4, -0.2) is 44.5 Å². The molecular formula is C26H23Cl2N3O4. The van der Waals surface area contributed by atoms with Crippen molar-refractivity contribution in [2.24, 2.45) is 5.92 Å². The monoisotopic (exact) mass is 511 g/mol. The normalized spacial score (nSPS) is 22.3. The largest absolute Gasteiger partial charge is 0.481 e. The van der Waals surface area contributed by atoms with Crippen LogP contribution in [0.3, 0.4) is 0 Å². The first-order chi connectivity index (χ1) is 16.9. The number of carbonyl (C=O) groups is 2. The van der Waals surface area contributed by atoms with Crippen LogP contribution in [0.4, 0.5) is 0 Å². The number of halogens is 2. The average molecular weight is 512 g/mol. The lowest BCUT2D eigenvalue weighted by molar-refractivity contribution is -0.179. The molecule has 1 aliphatic carbocycles. The van der Waals surface area contributed by atoms with Crippen molar-refractivity contribution in [1.29, 1.82) is 0 Å². The highest BCUT2D eigenvalue weighted by Crippen LogP contribution is 2.46. The van der Waals surface area contributed by atoms with Crippen molar-refractivity contribution in [2.45, 2.75) is 37.5 Å². The fraction of sp³-hybridized carbons (Fsp3) is 0.308. The van der Waals surface area contributed by atoms with Gasteiger partial charge < -0.3 is 14.7 Å². The van der Waals surface area contributed by atoms with E-state index in [0.717, 1.165) is 35.1 Å². The third-order valence-electron chi connectivity index (χ3n) is 6.36. The predicted octanol–water partition coefficient (Wildman–Crippen LogP) is 5.34. The number of carbonyl (C=O) groups excluding carboxylic acids is 1. The second-order valence-electron chi connectivity index (χ2n) is 8.97. The van der Waals surface area contributed by atoms with Gasteiger partial charge in [0.25, 0.3) is 5.91 Å². The zero-order chi connectivity index (χ0) is 24.5. The molecule has 1 saturated heterocycles. The fourth-order valence-electron chi connectivity index (χ4n) is 4.54. The number of nitrogens with zero attached hydrogens (tertiary/aromatic N) is 3. The third kappa shape index (κ3) is 5.32. The molecule has 35 heavy (non-hydrogen) atoms. The number of benzene rings is 2. The Morgan fingerprint density at radius 2 is 1.71 bits per heavy atom. The van der Waals surface area contributed by atoms with Crippen LogP contribution >= 0.6 is 23.2 Å². The zero-order valence-corrected chi connectivity index (χ0v) is 20.2. The molecule has 7 nitrogen and oxygen atoms in total. The molecule has 9 heteroatoms. The number of rotatable bonds is 7. The Labute approximate surface area is 212 Å². The van der Waals surface area contributed by atoms with Crippen molar-refractivity contribution in [3.05, 3.63) is 82.4 Å². The quantitative estimate of drug-likeness (QED) is 0.459. The van der Waals surface area contributed by atoms with Gasteiger partial charge >= 0.3 is 5.97 Å². The van der Waals surface area contributed by atoms with Gasteiger partial charge in [0.15, 0.2) is 0 Å². The lowest BCUT2D eigenvalue weighted by Crippen LogP contribution is -2.52. The van der Waals surface area contributed by atoms with Gasteiger partial charge in [-0.25, -0.2) is 9.97 Å². The van der Waals surface area contributed by atoms with Crippen molar-refractivity contribution >= 4 is 35.1 Å². The van der Waals surface area contributed by atoms with Crippen molar-refractivity contribution in [2.75, 3.05) is 6.54 Å². The summed E-state index contributed by atoms with van der Waals surface area (Å²) in [5.41, 5.74) is 3.17. The molecule has 2 aromatic carbocycles. The van der Waals surface area contributed by atoms with Crippen LogP contribution < -0.4 is 0 Å². The molecule has 2 fully saturated rings. The van der Waals surface area contributed by atoms with Crippen LogP contribution in [0.5, 0.6) is 0 Å². The topological polar surface area (TPSA) is 92.6 Å². The molecule has 3 aromatic rings. The maximum Gasteiger partial charge on any atom is 0.306 e. The molecule has 3 unspecified atom stereocenters. The van der Waals surface area contributed by atoms with Gasteiger partial charge in [0.1, 0.15) is 18.5 Å². The molecule has 1 aromatic heterocycles. The lowest BCUT2D eigenvalue weighted by Gasteiger charge is -2.45. The van der Waals surface area contributed by atoms with Crippen LogP contribution in [0.1, 0.15) is 42.5 Å². The van der Waals surface area contributed by atoms with Gasteiger partial charge in [-0.05, 0) is 65.8 Å². The smallest absolute Gasteiger partial charge is 0.306 e. The van der Waals surface area contributed by atoms with Gasteiger partial charge in [-0.1, -0.05) is 35.3 Å². The van der Waals surface area contributed by atoms with E-state index < -0.39 is 30.6 Å². The van der Waals surface area contributed by atoms with E-state index in [1.165, 1.54) is 6.33 Å². The van der Waals surface area contributed by atoms with Gasteiger partial charge in [-0.15, -0.1) is 0 Å².